The second-order valence-electron chi connectivity index (χ2n) is 9.78. The van der Waals surface area contributed by atoms with Crippen molar-refractivity contribution < 1.29 is 33.0 Å². The Bertz CT molecular complexity index is 1550. The first-order valence-corrected chi connectivity index (χ1v) is 12.7. The minimum atomic E-state index is -0.669. The van der Waals surface area contributed by atoms with Gasteiger partial charge in [0.05, 0.1) is 6.61 Å². The molecule has 0 N–H and O–H groups in total. The van der Waals surface area contributed by atoms with Crippen molar-refractivity contribution in [1.29, 1.82) is 0 Å². The van der Waals surface area contributed by atoms with Gasteiger partial charge in [0.1, 0.15) is 17.3 Å². The number of rotatable bonds is 9. The van der Waals surface area contributed by atoms with E-state index in [1.54, 1.807) is 18.2 Å². The fourth-order valence-electron chi connectivity index (χ4n) is 4.44. The molecule has 0 spiro atoms. The van der Waals surface area contributed by atoms with E-state index in [9.17, 15) is 14.4 Å². The van der Waals surface area contributed by atoms with Gasteiger partial charge >= 0.3 is 17.9 Å². The van der Waals surface area contributed by atoms with E-state index in [4.69, 9.17) is 14.2 Å². The van der Waals surface area contributed by atoms with Crippen molar-refractivity contribution in [3.63, 3.8) is 0 Å². The standard InChI is InChI=1S/C33H29FO6/c1-6-31(35)38-18-21-13-22-7-8-23(15-25(22)14-21)27-11-9-24(16-29(27)34)28-12-10-26(39-32(36)19(2)3)17-30(28)40-33(37)20(4)5/h6-12,15-17,21H,1-2,4,13-14,18H2,3,5H3. The van der Waals surface area contributed by atoms with Crippen molar-refractivity contribution in [1.82, 2.24) is 0 Å². The maximum atomic E-state index is 15.5. The van der Waals surface area contributed by atoms with E-state index in [0.717, 1.165) is 35.6 Å². The van der Waals surface area contributed by atoms with Crippen LogP contribution in [0.1, 0.15) is 25.0 Å². The lowest BCUT2D eigenvalue weighted by atomic mass is 9.97. The first-order valence-electron chi connectivity index (χ1n) is 12.7. The van der Waals surface area contributed by atoms with Gasteiger partial charge in [-0.05, 0) is 67.1 Å². The highest BCUT2D eigenvalue weighted by Gasteiger charge is 2.24. The van der Waals surface area contributed by atoms with E-state index in [2.05, 4.69) is 19.7 Å². The Morgan fingerprint density at radius 1 is 0.850 bits per heavy atom. The Morgan fingerprint density at radius 3 is 2.15 bits per heavy atom. The predicted molar refractivity (Wildman–Crippen MR) is 150 cm³/mol. The number of fused-ring (bicyclic) bond motifs is 1. The van der Waals surface area contributed by atoms with Gasteiger partial charge in [-0.1, -0.05) is 50.1 Å². The van der Waals surface area contributed by atoms with Gasteiger partial charge in [-0.25, -0.2) is 18.8 Å². The van der Waals surface area contributed by atoms with Crippen LogP contribution in [0, 0.1) is 11.7 Å². The fourth-order valence-corrected chi connectivity index (χ4v) is 4.44. The lowest BCUT2D eigenvalue weighted by molar-refractivity contribution is -0.139. The third-order valence-corrected chi connectivity index (χ3v) is 6.51. The van der Waals surface area contributed by atoms with E-state index in [-0.39, 0.29) is 28.6 Å². The molecular formula is C33H29FO6. The molecule has 3 aromatic rings. The molecule has 0 saturated heterocycles. The van der Waals surface area contributed by atoms with Crippen molar-refractivity contribution in [2.45, 2.75) is 26.7 Å². The van der Waals surface area contributed by atoms with Gasteiger partial charge in [0, 0.05) is 40.3 Å². The van der Waals surface area contributed by atoms with Gasteiger partial charge in [-0.3, -0.25) is 0 Å². The molecule has 40 heavy (non-hydrogen) atoms. The van der Waals surface area contributed by atoms with Crippen LogP contribution >= 0.6 is 0 Å². The van der Waals surface area contributed by atoms with Crippen molar-refractivity contribution >= 4 is 17.9 Å². The van der Waals surface area contributed by atoms with E-state index < -0.39 is 23.7 Å². The number of hydrogen-bond donors (Lipinski definition) is 0. The van der Waals surface area contributed by atoms with Gasteiger partial charge in [0.15, 0.2) is 0 Å². The van der Waals surface area contributed by atoms with Crippen LogP contribution in [0.4, 0.5) is 4.39 Å². The molecule has 0 aromatic heterocycles. The quantitative estimate of drug-likeness (QED) is 0.174. The van der Waals surface area contributed by atoms with E-state index in [1.807, 2.05) is 18.2 Å². The third-order valence-electron chi connectivity index (χ3n) is 6.51. The van der Waals surface area contributed by atoms with Gasteiger partial charge < -0.3 is 14.2 Å². The summed E-state index contributed by atoms with van der Waals surface area (Å²) in [7, 11) is 0. The molecule has 1 unspecified atom stereocenters. The number of carbonyl (C=O) groups is 3. The summed E-state index contributed by atoms with van der Waals surface area (Å²) in [6, 6.07) is 15.1. The SMILES string of the molecule is C=CC(=O)OCC1Cc2ccc(-c3ccc(-c4ccc(OC(=O)C(=C)C)cc4OC(=O)C(=C)C)cc3F)cc2C1. The summed E-state index contributed by atoms with van der Waals surface area (Å²) in [5.74, 6) is -1.79. The predicted octanol–water partition coefficient (Wildman–Crippen LogP) is 6.57. The summed E-state index contributed by atoms with van der Waals surface area (Å²) in [4.78, 5) is 35.7. The maximum Gasteiger partial charge on any atom is 0.338 e. The fraction of sp³-hybridized carbons (Fsp3) is 0.182. The third kappa shape index (κ3) is 6.43. The molecule has 4 rings (SSSR count). The zero-order valence-electron chi connectivity index (χ0n) is 22.4. The van der Waals surface area contributed by atoms with Gasteiger partial charge in [0.25, 0.3) is 0 Å². The average Bonchev–Trinajstić information content (AvgIpc) is 3.34. The van der Waals surface area contributed by atoms with Crippen LogP contribution in [0.15, 0.2) is 91.6 Å². The van der Waals surface area contributed by atoms with Gasteiger partial charge in [-0.2, -0.15) is 0 Å². The molecule has 6 nitrogen and oxygen atoms in total. The monoisotopic (exact) mass is 540 g/mol. The molecule has 0 aliphatic heterocycles. The lowest BCUT2D eigenvalue weighted by Crippen LogP contribution is -2.12. The topological polar surface area (TPSA) is 78.9 Å². The lowest BCUT2D eigenvalue weighted by Gasteiger charge is -2.14. The highest BCUT2D eigenvalue weighted by molar-refractivity contribution is 5.91. The minimum absolute atomic E-state index is 0.0906. The zero-order valence-corrected chi connectivity index (χ0v) is 22.4. The molecule has 1 aliphatic carbocycles. The Hall–Kier alpha value is -4.78. The summed E-state index contributed by atoms with van der Waals surface area (Å²) in [6.07, 6.45) is 2.66. The van der Waals surface area contributed by atoms with E-state index in [0.29, 0.717) is 23.3 Å². The summed E-state index contributed by atoms with van der Waals surface area (Å²) < 4.78 is 31.5. The normalized spacial score (nSPS) is 13.6. The van der Waals surface area contributed by atoms with E-state index in [1.165, 1.54) is 32.0 Å². The molecule has 1 aliphatic rings. The molecule has 0 fully saturated rings. The van der Waals surface area contributed by atoms with Crippen LogP contribution in [-0.4, -0.2) is 24.5 Å². The number of esters is 3. The Kier molecular flexibility index (Phi) is 8.43. The van der Waals surface area contributed by atoms with Crippen LogP contribution < -0.4 is 9.47 Å². The van der Waals surface area contributed by atoms with Crippen molar-refractivity contribution in [3.8, 4) is 33.8 Å². The summed E-state index contributed by atoms with van der Waals surface area (Å²) in [5.41, 5.74) is 4.67. The van der Waals surface area contributed by atoms with Crippen LogP contribution in [0.25, 0.3) is 22.3 Å². The van der Waals surface area contributed by atoms with Gasteiger partial charge in [0.2, 0.25) is 0 Å². The molecule has 0 bridgehead atoms. The van der Waals surface area contributed by atoms with E-state index >= 15 is 4.39 Å². The van der Waals surface area contributed by atoms with Crippen molar-refractivity contribution in [2.75, 3.05) is 6.61 Å². The first kappa shape index (κ1) is 28.2. The first-order chi connectivity index (χ1) is 19.0. The second kappa shape index (κ2) is 11.9. The number of benzene rings is 3. The molecule has 3 aromatic carbocycles. The molecule has 204 valence electrons. The number of ether oxygens (including phenoxy) is 3. The number of halogens is 1. The molecule has 0 radical (unpaired) electrons. The molecule has 0 amide bonds. The van der Waals surface area contributed by atoms with Crippen LogP contribution in [0.3, 0.4) is 0 Å². The number of hydrogen-bond acceptors (Lipinski definition) is 6. The summed E-state index contributed by atoms with van der Waals surface area (Å²) in [5, 5.41) is 0. The smallest absolute Gasteiger partial charge is 0.338 e. The van der Waals surface area contributed by atoms with Crippen molar-refractivity contribution in [3.05, 3.63) is 109 Å². The summed E-state index contributed by atoms with van der Waals surface area (Å²) in [6.45, 7) is 13.9. The molecule has 7 heteroatoms. The van der Waals surface area contributed by atoms with Crippen LogP contribution in [0.2, 0.25) is 0 Å². The molecule has 1 atom stereocenters. The Balaban J connectivity index is 1.61. The van der Waals surface area contributed by atoms with Crippen LogP contribution in [0.5, 0.6) is 11.5 Å². The Morgan fingerprint density at radius 2 is 1.48 bits per heavy atom. The Labute approximate surface area is 232 Å². The van der Waals surface area contributed by atoms with Crippen LogP contribution in [-0.2, 0) is 32.0 Å². The van der Waals surface area contributed by atoms with Gasteiger partial charge in [-0.15, -0.1) is 0 Å². The largest absolute Gasteiger partial charge is 0.462 e. The summed E-state index contributed by atoms with van der Waals surface area (Å²) >= 11 is 0. The second-order valence-corrected chi connectivity index (χ2v) is 9.78. The maximum absolute atomic E-state index is 15.5. The zero-order chi connectivity index (χ0) is 29.0. The van der Waals surface area contributed by atoms with Crippen molar-refractivity contribution in [2.24, 2.45) is 5.92 Å². The molecule has 0 heterocycles. The minimum Gasteiger partial charge on any atom is -0.462 e. The number of carbonyl (C=O) groups excluding carboxylic acids is 3. The highest BCUT2D eigenvalue weighted by atomic mass is 19.1. The highest BCUT2D eigenvalue weighted by Crippen LogP contribution is 2.37. The molecule has 0 saturated carbocycles. The molecular weight excluding hydrogens is 511 g/mol. The average molecular weight is 541 g/mol.